The summed E-state index contributed by atoms with van der Waals surface area (Å²) >= 11 is 0. The van der Waals surface area contributed by atoms with Crippen LogP contribution in [0.2, 0.25) is 0 Å². The quantitative estimate of drug-likeness (QED) is 0.282. The maximum Gasteiger partial charge on any atom is 0.344 e. The number of ether oxygens (including phenoxy) is 5. The Bertz CT molecular complexity index is 1560. The number of carboxylic acid groups (broad SMARTS) is 1. The number of aliphatic carboxylic acids is 1. The van der Waals surface area contributed by atoms with Crippen molar-refractivity contribution in [3.8, 4) is 17.2 Å². The number of aliphatic hydroxyl groups excluding tert-OH is 1. The number of benzene rings is 2. The fraction of sp³-hybridized carbons (Fsp3) is 0.455. The summed E-state index contributed by atoms with van der Waals surface area (Å²) in [5, 5.41) is 30.8. The van der Waals surface area contributed by atoms with E-state index in [1.54, 1.807) is 43.5 Å². The summed E-state index contributed by atoms with van der Waals surface area (Å²) in [4.78, 5) is 47.3. The van der Waals surface area contributed by atoms with Gasteiger partial charge in [0.2, 0.25) is 0 Å². The lowest BCUT2D eigenvalue weighted by atomic mass is 9.50. The highest BCUT2D eigenvalue weighted by Crippen LogP contribution is 2.65. The average molecular weight is 640 g/mol. The molecule has 2 aliphatic carbocycles. The van der Waals surface area contributed by atoms with Gasteiger partial charge in [-0.3, -0.25) is 9.59 Å². The first kappa shape index (κ1) is 32.9. The monoisotopic (exact) mass is 639 g/mol. The highest BCUT2D eigenvalue weighted by Gasteiger charge is 2.72. The number of hydrogen-bond donors (Lipinski definition) is 3. The fourth-order valence-electron chi connectivity index (χ4n) is 6.97. The van der Waals surface area contributed by atoms with Gasteiger partial charge in [-0.1, -0.05) is 24.3 Å². The predicted octanol–water partition coefficient (Wildman–Crippen LogP) is 1.90. The number of piperidine rings is 1. The highest BCUT2D eigenvalue weighted by atomic mass is 16.6. The summed E-state index contributed by atoms with van der Waals surface area (Å²) in [6.07, 6.45) is -0.911. The number of carboxylic acids is 1. The van der Waals surface area contributed by atoms with Crippen LogP contribution in [0.1, 0.15) is 44.2 Å². The number of likely N-dealkylation sites (tertiary alicyclic amines) is 1. The van der Waals surface area contributed by atoms with E-state index >= 15 is 0 Å². The topological polar surface area (TPSA) is 178 Å². The predicted molar refractivity (Wildman–Crippen MR) is 159 cm³/mol. The van der Waals surface area contributed by atoms with Crippen molar-refractivity contribution >= 4 is 23.9 Å². The zero-order chi connectivity index (χ0) is 33.4. The second-order valence-electron chi connectivity index (χ2n) is 11.8. The SMILES string of the molecule is CC(=O)OC(C)C(=O)O.COc1ccc2c3c1O[C@H]1C(OC(=O)C(O)CC(=O)Oc4ccccc4)=CC[C@@]4(O)[C@@H](C2)N(C)CC[C@]314. The minimum absolute atomic E-state index is 0.133. The second-order valence-corrected chi connectivity index (χ2v) is 11.8. The van der Waals surface area contributed by atoms with Crippen LogP contribution < -0.4 is 14.2 Å². The van der Waals surface area contributed by atoms with Crippen molar-refractivity contribution < 1.29 is 58.2 Å². The number of esters is 3. The Balaban J connectivity index is 0.000000407. The molecule has 0 radical (unpaired) electrons. The smallest absolute Gasteiger partial charge is 0.344 e. The summed E-state index contributed by atoms with van der Waals surface area (Å²) in [6.45, 7) is 3.20. The normalized spacial score (nSPS) is 26.4. The third-order valence-corrected chi connectivity index (χ3v) is 9.07. The Morgan fingerprint density at radius 3 is 2.46 bits per heavy atom. The molecule has 2 aromatic rings. The number of rotatable bonds is 8. The molecule has 1 spiro atoms. The van der Waals surface area contributed by atoms with Gasteiger partial charge < -0.3 is 43.9 Å². The molecule has 2 heterocycles. The molecule has 4 aliphatic rings. The van der Waals surface area contributed by atoms with Crippen molar-refractivity contribution in [1.29, 1.82) is 0 Å². The number of carbonyl (C=O) groups excluding carboxylic acids is 3. The molecule has 1 fully saturated rings. The summed E-state index contributed by atoms with van der Waals surface area (Å²) in [5.41, 5.74) is 0.0278. The van der Waals surface area contributed by atoms with Gasteiger partial charge >= 0.3 is 23.9 Å². The lowest BCUT2D eigenvalue weighted by Crippen LogP contribution is -2.74. The zero-order valence-electron chi connectivity index (χ0n) is 25.9. The van der Waals surface area contributed by atoms with E-state index in [1.165, 1.54) is 13.8 Å². The molecule has 6 atom stereocenters. The van der Waals surface area contributed by atoms with E-state index in [9.17, 15) is 29.4 Å². The molecular formula is C33H37NO12. The van der Waals surface area contributed by atoms with E-state index in [4.69, 9.17) is 24.1 Å². The third-order valence-electron chi connectivity index (χ3n) is 9.07. The van der Waals surface area contributed by atoms with E-state index in [1.807, 2.05) is 19.2 Å². The number of methoxy groups -OCH3 is 1. The van der Waals surface area contributed by atoms with Gasteiger partial charge in [-0.05, 0) is 63.2 Å². The van der Waals surface area contributed by atoms with Crippen LogP contribution in [0.25, 0.3) is 0 Å². The molecule has 0 saturated carbocycles. The summed E-state index contributed by atoms with van der Waals surface area (Å²) in [6, 6.07) is 12.2. The van der Waals surface area contributed by atoms with Gasteiger partial charge in [0.25, 0.3) is 0 Å². The molecule has 2 aromatic carbocycles. The van der Waals surface area contributed by atoms with Crippen LogP contribution in [-0.4, -0.2) is 94.8 Å². The number of carbonyl (C=O) groups is 4. The molecule has 13 heteroatoms. The maximum absolute atomic E-state index is 12.9. The Morgan fingerprint density at radius 1 is 1.11 bits per heavy atom. The molecule has 6 rings (SSSR count). The van der Waals surface area contributed by atoms with Crippen molar-refractivity contribution in [2.45, 2.75) is 74.9 Å². The molecule has 46 heavy (non-hydrogen) atoms. The van der Waals surface area contributed by atoms with Gasteiger partial charge in [-0.2, -0.15) is 0 Å². The third kappa shape index (κ3) is 5.70. The molecule has 2 bridgehead atoms. The van der Waals surface area contributed by atoms with Crippen molar-refractivity contribution in [3.63, 3.8) is 0 Å². The molecular weight excluding hydrogens is 602 g/mol. The van der Waals surface area contributed by atoms with Crippen molar-refractivity contribution in [3.05, 3.63) is 65.4 Å². The number of aliphatic hydroxyl groups is 2. The molecule has 13 nitrogen and oxygen atoms in total. The standard InChI is InChI=1S/C28H29NO8.C5H8O4/c1-29-13-12-27-23-16-8-9-19(34-2)24(23)37-25(27)20(10-11-28(27,33)21(29)14-16)36-26(32)18(30)15-22(31)35-17-6-4-3-5-7-17;1-3(5(7)8)9-4(2)6/h3-10,18,21,25,30,33H,11-15H2,1-2H3;3H,1-2H3,(H,7,8)/t18?,21-,25+,27+,28-;/m1./s1. The lowest BCUT2D eigenvalue weighted by molar-refractivity contribution is -0.172. The highest BCUT2D eigenvalue weighted by molar-refractivity contribution is 5.83. The molecule has 3 N–H and O–H groups in total. The summed E-state index contributed by atoms with van der Waals surface area (Å²) in [7, 11) is 3.58. The molecule has 0 amide bonds. The Morgan fingerprint density at radius 2 is 1.83 bits per heavy atom. The maximum atomic E-state index is 12.9. The molecule has 2 aliphatic heterocycles. The van der Waals surface area contributed by atoms with Crippen molar-refractivity contribution in [1.82, 2.24) is 4.90 Å². The van der Waals surface area contributed by atoms with Crippen LogP contribution in [-0.2, 0) is 40.5 Å². The van der Waals surface area contributed by atoms with Gasteiger partial charge in [0, 0.05) is 24.9 Å². The fourth-order valence-corrected chi connectivity index (χ4v) is 6.97. The summed E-state index contributed by atoms with van der Waals surface area (Å²) in [5.74, 6) is -1.80. The van der Waals surface area contributed by atoms with Gasteiger partial charge in [0.15, 0.2) is 29.8 Å². The van der Waals surface area contributed by atoms with Gasteiger partial charge in [-0.15, -0.1) is 0 Å². The molecule has 1 saturated heterocycles. The van der Waals surface area contributed by atoms with Crippen LogP contribution in [0.5, 0.6) is 17.2 Å². The Hall–Kier alpha value is -4.46. The average Bonchev–Trinajstić information content (AvgIpc) is 3.36. The van der Waals surface area contributed by atoms with E-state index in [-0.39, 0.29) is 18.2 Å². The number of likely N-dealkylation sites (N-methyl/N-ethyl adjacent to an activating group) is 1. The Kier molecular flexibility index (Phi) is 9.12. The van der Waals surface area contributed by atoms with Crippen molar-refractivity contribution in [2.75, 3.05) is 20.7 Å². The first-order valence-corrected chi connectivity index (χ1v) is 14.9. The van der Waals surface area contributed by atoms with Crippen LogP contribution >= 0.6 is 0 Å². The lowest BCUT2D eigenvalue weighted by Gasteiger charge is -2.61. The minimum atomic E-state index is -1.72. The molecule has 0 aromatic heterocycles. The van der Waals surface area contributed by atoms with Crippen LogP contribution in [0.4, 0.5) is 0 Å². The van der Waals surface area contributed by atoms with E-state index in [2.05, 4.69) is 9.64 Å². The summed E-state index contributed by atoms with van der Waals surface area (Å²) < 4.78 is 27.1. The van der Waals surface area contributed by atoms with E-state index in [0.29, 0.717) is 30.1 Å². The second kappa shape index (κ2) is 12.7. The van der Waals surface area contributed by atoms with Gasteiger partial charge in [0.1, 0.15) is 11.5 Å². The first-order chi connectivity index (χ1) is 21.8. The molecule has 2 unspecified atom stereocenters. The number of hydrogen-bond acceptors (Lipinski definition) is 12. The minimum Gasteiger partial charge on any atom is -0.493 e. The first-order valence-electron chi connectivity index (χ1n) is 14.9. The van der Waals surface area contributed by atoms with Crippen LogP contribution in [0.15, 0.2) is 54.3 Å². The number of nitrogens with zero attached hydrogens (tertiary/aromatic N) is 1. The largest absolute Gasteiger partial charge is 0.493 e. The van der Waals surface area contributed by atoms with Crippen molar-refractivity contribution in [2.24, 2.45) is 0 Å². The van der Waals surface area contributed by atoms with Gasteiger partial charge in [-0.25, -0.2) is 9.59 Å². The molecule has 246 valence electrons. The zero-order valence-corrected chi connectivity index (χ0v) is 25.9. The van der Waals surface area contributed by atoms with E-state index < -0.39 is 59.6 Å². The van der Waals surface area contributed by atoms with Crippen LogP contribution in [0.3, 0.4) is 0 Å². The van der Waals surface area contributed by atoms with Crippen LogP contribution in [0, 0.1) is 0 Å². The van der Waals surface area contributed by atoms with Gasteiger partial charge in [0.05, 0.1) is 24.5 Å². The number of para-hydroxylation sites is 1. The van der Waals surface area contributed by atoms with E-state index in [0.717, 1.165) is 17.7 Å². The Labute approximate surface area is 265 Å².